The van der Waals surface area contributed by atoms with Crippen LogP contribution in [0, 0.1) is 22.7 Å². The summed E-state index contributed by atoms with van der Waals surface area (Å²) in [7, 11) is 0. The number of aromatic nitrogens is 2. The number of hydrogen-bond donors (Lipinski definition) is 2. The predicted octanol–water partition coefficient (Wildman–Crippen LogP) is 1.90. The highest BCUT2D eigenvalue weighted by molar-refractivity contribution is 6.02. The van der Waals surface area contributed by atoms with E-state index in [9.17, 15) is 14.9 Å². The Balaban J connectivity index is 1.54. The maximum Gasteiger partial charge on any atom is 0.247 e. The highest BCUT2D eigenvalue weighted by atomic mass is 16.2. The molecule has 142 valence electrons. The Morgan fingerprint density at radius 3 is 2.68 bits per heavy atom. The standard InChI is InChI=1S/C20H20N6O2/c21-12-20(14-1-2-14)5-8-26(19(20)28)15-4-7-24-18(11-15)25-17-10-13(3-6-23-17)9-16(22)27/h3-4,6-7,10-11,14H,1-2,5,8-9H2,(H2,22,27)(H,23,24,25)/t20-/m1/s1. The van der Waals surface area contributed by atoms with E-state index >= 15 is 0 Å². The molecule has 8 heteroatoms. The number of nitrogens with one attached hydrogen (secondary N) is 1. The van der Waals surface area contributed by atoms with Crippen LogP contribution in [0.15, 0.2) is 36.7 Å². The summed E-state index contributed by atoms with van der Waals surface area (Å²) in [5.74, 6) is 0.708. The van der Waals surface area contributed by atoms with Crippen LogP contribution in [0.4, 0.5) is 17.3 Å². The first kappa shape index (κ1) is 17.9. The van der Waals surface area contributed by atoms with Crippen molar-refractivity contribution in [3.8, 4) is 6.07 Å². The number of carbonyl (C=O) groups is 2. The van der Waals surface area contributed by atoms with Crippen molar-refractivity contribution in [3.05, 3.63) is 42.2 Å². The number of nitriles is 1. The quantitative estimate of drug-likeness (QED) is 0.793. The van der Waals surface area contributed by atoms with Crippen molar-refractivity contribution in [2.75, 3.05) is 16.8 Å². The van der Waals surface area contributed by atoms with Gasteiger partial charge in [0.2, 0.25) is 11.8 Å². The van der Waals surface area contributed by atoms with E-state index < -0.39 is 11.3 Å². The van der Waals surface area contributed by atoms with E-state index in [1.54, 1.807) is 41.6 Å². The first-order valence-corrected chi connectivity index (χ1v) is 9.21. The average molecular weight is 376 g/mol. The molecule has 2 aromatic rings. The zero-order valence-corrected chi connectivity index (χ0v) is 15.3. The lowest BCUT2D eigenvalue weighted by Gasteiger charge is -2.21. The van der Waals surface area contributed by atoms with Gasteiger partial charge in [-0.1, -0.05) is 0 Å². The van der Waals surface area contributed by atoms with Crippen molar-refractivity contribution < 1.29 is 9.59 Å². The first-order chi connectivity index (χ1) is 13.5. The smallest absolute Gasteiger partial charge is 0.247 e. The summed E-state index contributed by atoms with van der Waals surface area (Å²) in [6, 6.07) is 9.28. The Kier molecular flexibility index (Phi) is 4.43. The summed E-state index contributed by atoms with van der Waals surface area (Å²) in [6.07, 6.45) is 5.79. The molecule has 2 aromatic heterocycles. The molecule has 3 heterocycles. The van der Waals surface area contributed by atoms with Gasteiger partial charge in [0, 0.05) is 30.7 Å². The number of amides is 2. The molecule has 0 spiro atoms. The number of anilines is 3. The Morgan fingerprint density at radius 1 is 1.29 bits per heavy atom. The molecule has 8 nitrogen and oxygen atoms in total. The predicted molar refractivity (Wildman–Crippen MR) is 102 cm³/mol. The van der Waals surface area contributed by atoms with Gasteiger partial charge in [-0.05, 0) is 48.9 Å². The topological polar surface area (TPSA) is 125 Å². The van der Waals surface area contributed by atoms with Gasteiger partial charge in [-0.3, -0.25) is 9.59 Å². The molecule has 28 heavy (non-hydrogen) atoms. The third-order valence-electron chi connectivity index (χ3n) is 5.34. The van der Waals surface area contributed by atoms with Crippen LogP contribution >= 0.6 is 0 Å². The number of pyridine rings is 2. The number of nitrogens with two attached hydrogens (primary N) is 1. The van der Waals surface area contributed by atoms with E-state index in [4.69, 9.17) is 5.73 Å². The van der Waals surface area contributed by atoms with Crippen LogP contribution < -0.4 is 16.0 Å². The van der Waals surface area contributed by atoms with Gasteiger partial charge in [-0.25, -0.2) is 9.97 Å². The van der Waals surface area contributed by atoms with Gasteiger partial charge in [0.1, 0.15) is 17.1 Å². The lowest BCUT2D eigenvalue weighted by molar-refractivity contribution is -0.123. The highest BCUT2D eigenvalue weighted by Gasteiger charge is 2.56. The number of nitrogens with zero attached hydrogens (tertiary/aromatic N) is 4. The van der Waals surface area contributed by atoms with Crippen LogP contribution in [0.5, 0.6) is 0 Å². The fraction of sp³-hybridized carbons (Fsp3) is 0.350. The van der Waals surface area contributed by atoms with Crippen molar-refractivity contribution in [1.29, 1.82) is 5.26 Å². The number of primary amides is 1. The van der Waals surface area contributed by atoms with Crippen molar-refractivity contribution in [2.45, 2.75) is 25.7 Å². The Labute approximate surface area is 162 Å². The molecule has 1 saturated carbocycles. The van der Waals surface area contributed by atoms with Gasteiger partial charge in [0.15, 0.2) is 0 Å². The molecular weight excluding hydrogens is 356 g/mol. The minimum absolute atomic E-state index is 0.115. The monoisotopic (exact) mass is 376 g/mol. The summed E-state index contributed by atoms with van der Waals surface area (Å²) in [5.41, 5.74) is 5.81. The van der Waals surface area contributed by atoms with Gasteiger partial charge in [0.25, 0.3) is 0 Å². The summed E-state index contributed by atoms with van der Waals surface area (Å²) < 4.78 is 0. The molecule has 1 aliphatic heterocycles. The van der Waals surface area contributed by atoms with Crippen molar-refractivity contribution >= 4 is 29.1 Å². The first-order valence-electron chi connectivity index (χ1n) is 9.21. The van der Waals surface area contributed by atoms with E-state index in [1.807, 2.05) is 0 Å². The van der Waals surface area contributed by atoms with Gasteiger partial charge in [0.05, 0.1) is 12.5 Å². The molecule has 0 aromatic carbocycles. The van der Waals surface area contributed by atoms with E-state index in [-0.39, 0.29) is 18.2 Å². The second-order valence-corrected chi connectivity index (χ2v) is 7.28. The zero-order valence-electron chi connectivity index (χ0n) is 15.3. The van der Waals surface area contributed by atoms with E-state index in [0.29, 0.717) is 30.3 Å². The zero-order chi connectivity index (χ0) is 19.7. The summed E-state index contributed by atoms with van der Waals surface area (Å²) in [4.78, 5) is 34.2. The molecule has 1 aliphatic carbocycles. The molecule has 3 N–H and O–H groups in total. The average Bonchev–Trinajstić information content (AvgIpc) is 3.46. The Morgan fingerprint density at radius 2 is 2.00 bits per heavy atom. The maximum absolute atomic E-state index is 13.0. The third-order valence-corrected chi connectivity index (χ3v) is 5.34. The molecule has 0 radical (unpaired) electrons. The minimum Gasteiger partial charge on any atom is -0.369 e. The van der Waals surface area contributed by atoms with Crippen molar-refractivity contribution in [1.82, 2.24) is 9.97 Å². The second kappa shape index (κ2) is 6.93. The van der Waals surface area contributed by atoms with Crippen molar-refractivity contribution in [3.63, 3.8) is 0 Å². The lowest BCUT2D eigenvalue weighted by Crippen LogP contribution is -2.35. The van der Waals surface area contributed by atoms with Gasteiger partial charge in [-0.2, -0.15) is 5.26 Å². The molecule has 1 atom stereocenters. The summed E-state index contributed by atoms with van der Waals surface area (Å²) in [5, 5.41) is 12.7. The molecule has 2 fully saturated rings. The molecule has 2 aliphatic rings. The normalized spacial score (nSPS) is 21.4. The fourth-order valence-corrected chi connectivity index (χ4v) is 3.77. The maximum atomic E-state index is 13.0. The SMILES string of the molecule is N#C[C@@]1(C2CC2)CCN(c2ccnc(Nc3cc(CC(N)=O)ccn3)c2)C1=O. The number of rotatable bonds is 6. The fourth-order valence-electron chi connectivity index (χ4n) is 3.77. The lowest BCUT2D eigenvalue weighted by atomic mass is 9.83. The van der Waals surface area contributed by atoms with Gasteiger partial charge < -0.3 is 16.0 Å². The van der Waals surface area contributed by atoms with E-state index in [2.05, 4.69) is 21.4 Å². The van der Waals surface area contributed by atoms with Gasteiger partial charge in [-0.15, -0.1) is 0 Å². The molecule has 0 unspecified atom stereocenters. The van der Waals surface area contributed by atoms with E-state index in [0.717, 1.165) is 18.4 Å². The van der Waals surface area contributed by atoms with Crippen LogP contribution in [0.1, 0.15) is 24.8 Å². The third kappa shape index (κ3) is 3.27. The largest absolute Gasteiger partial charge is 0.369 e. The molecule has 2 amide bonds. The van der Waals surface area contributed by atoms with Crippen LogP contribution in [-0.4, -0.2) is 28.3 Å². The molecule has 0 bridgehead atoms. The summed E-state index contributed by atoms with van der Waals surface area (Å²) in [6.45, 7) is 0.526. The van der Waals surface area contributed by atoms with Crippen LogP contribution in [0.2, 0.25) is 0 Å². The van der Waals surface area contributed by atoms with Crippen LogP contribution in [0.25, 0.3) is 0 Å². The second-order valence-electron chi connectivity index (χ2n) is 7.28. The molecule has 4 rings (SSSR count). The Bertz CT molecular complexity index is 981. The molecule has 1 saturated heterocycles. The van der Waals surface area contributed by atoms with Crippen LogP contribution in [0.3, 0.4) is 0 Å². The van der Waals surface area contributed by atoms with E-state index in [1.165, 1.54) is 0 Å². The number of carbonyl (C=O) groups excluding carboxylic acids is 2. The summed E-state index contributed by atoms with van der Waals surface area (Å²) >= 11 is 0. The van der Waals surface area contributed by atoms with Crippen LogP contribution in [-0.2, 0) is 16.0 Å². The van der Waals surface area contributed by atoms with Crippen molar-refractivity contribution in [2.24, 2.45) is 17.1 Å². The van der Waals surface area contributed by atoms with Gasteiger partial charge >= 0.3 is 0 Å². The number of hydrogen-bond acceptors (Lipinski definition) is 6. The minimum atomic E-state index is -0.874. The molecular formula is C20H20N6O2. The Hall–Kier alpha value is -3.47. The highest BCUT2D eigenvalue weighted by Crippen LogP contribution is 2.51.